The van der Waals surface area contributed by atoms with Crippen LogP contribution in [0, 0.1) is 5.82 Å². The van der Waals surface area contributed by atoms with Gasteiger partial charge in [0.25, 0.3) is 5.91 Å². The summed E-state index contributed by atoms with van der Waals surface area (Å²) in [6, 6.07) is 3.77. The van der Waals surface area contributed by atoms with Gasteiger partial charge < -0.3 is 5.73 Å². The number of hydroxylamine groups is 1. The highest BCUT2D eigenvalue weighted by molar-refractivity contribution is 5.93. The van der Waals surface area contributed by atoms with E-state index in [9.17, 15) is 9.18 Å². The zero-order valence-electron chi connectivity index (χ0n) is 7.00. The van der Waals surface area contributed by atoms with Crippen molar-refractivity contribution in [2.75, 3.05) is 12.8 Å². The van der Waals surface area contributed by atoms with Gasteiger partial charge in [-0.2, -0.15) is 0 Å². The number of amides is 1. The molecule has 0 aliphatic rings. The molecule has 0 saturated carbocycles. The molecule has 1 aromatic carbocycles. The maximum Gasteiger partial charge on any atom is 0.274 e. The second kappa shape index (κ2) is 3.86. The van der Waals surface area contributed by atoms with Gasteiger partial charge in [-0.1, -0.05) is 0 Å². The zero-order valence-corrected chi connectivity index (χ0v) is 7.00. The average molecular weight is 184 g/mol. The monoisotopic (exact) mass is 184 g/mol. The Morgan fingerprint density at radius 2 is 2.31 bits per heavy atom. The number of nitrogens with one attached hydrogen (secondary N) is 1. The molecule has 0 aromatic heterocycles. The Morgan fingerprint density at radius 1 is 1.62 bits per heavy atom. The van der Waals surface area contributed by atoms with Crippen molar-refractivity contribution in [3.05, 3.63) is 29.6 Å². The van der Waals surface area contributed by atoms with E-state index in [1.807, 2.05) is 0 Å². The molecule has 0 saturated heterocycles. The van der Waals surface area contributed by atoms with E-state index in [0.717, 1.165) is 6.07 Å². The second-order valence-corrected chi connectivity index (χ2v) is 2.37. The molecule has 0 bridgehead atoms. The minimum atomic E-state index is -0.622. The average Bonchev–Trinajstić information content (AvgIpc) is 2.10. The van der Waals surface area contributed by atoms with Gasteiger partial charge >= 0.3 is 0 Å². The summed E-state index contributed by atoms with van der Waals surface area (Å²) in [5.41, 5.74) is 7.46. The Balaban J connectivity index is 2.90. The van der Waals surface area contributed by atoms with Crippen molar-refractivity contribution in [1.82, 2.24) is 5.48 Å². The van der Waals surface area contributed by atoms with Gasteiger partial charge in [-0.3, -0.25) is 9.63 Å². The maximum absolute atomic E-state index is 12.8. The first-order valence-electron chi connectivity index (χ1n) is 3.53. The summed E-state index contributed by atoms with van der Waals surface area (Å²) in [7, 11) is 1.30. The van der Waals surface area contributed by atoms with Crippen LogP contribution in [0.4, 0.5) is 10.1 Å². The van der Waals surface area contributed by atoms with Crippen molar-refractivity contribution in [3.63, 3.8) is 0 Å². The lowest BCUT2D eigenvalue weighted by molar-refractivity contribution is 0.0537. The second-order valence-electron chi connectivity index (χ2n) is 2.37. The molecule has 5 heteroatoms. The molecule has 0 fully saturated rings. The van der Waals surface area contributed by atoms with Crippen molar-refractivity contribution in [3.8, 4) is 0 Å². The van der Waals surface area contributed by atoms with Gasteiger partial charge in [0, 0.05) is 5.56 Å². The Morgan fingerprint density at radius 3 is 2.85 bits per heavy atom. The minimum absolute atomic E-state index is 0.00830. The lowest BCUT2D eigenvalue weighted by atomic mass is 10.2. The molecule has 3 N–H and O–H groups in total. The number of carbonyl (C=O) groups is 1. The van der Waals surface area contributed by atoms with Crippen LogP contribution in [0.3, 0.4) is 0 Å². The Kier molecular flexibility index (Phi) is 2.81. The van der Waals surface area contributed by atoms with Crippen LogP contribution in [0.15, 0.2) is 18.2 Å². The van der Waals surface area contributed by atoms with Crippen molar-refractivity contribution in [2.45, 2.75) is 0 Å². The number of nitrogens with two attached hydrogens (primary N) is 1. The third-order valence-corrected chi connectivity index (χ3v) is 1.46. The molecule has 1 aromatic rings. The van der Waals surface area contributed by atoms with Gasteiger partial charge in [0.05, 0.1) is 12.8 Å². The highest BCUT2D eigenvalue weighted by Crippen LogP contribution is 2.11. The standard InChI is InChI=1S/C8H9FN2O2/c1-13-11-8(12)5-2-3-7(10)6(9)4-5/h2-4H,10H2,1H3,(H,11,12). The molecule has 0 radical (unpaired) electrons. The van der Waals surface area contributed by atoms with Gasteiger partial charge in [-0.15, -0.1) is 0 Å². The Labute approximate surface area is 74.4 Å². The minimum Gasteiger partial charge on any atom is -0.396 e. The molecule has 70 valence electrons. The van der Waals surface area contributed by atoms with Gasteiger partial charge in [-0.25, -0.2) is 9.87 Å². The van der Waals surface area contributed by atoms with E-state index < -0.39 is 11.7 Å². The van der Waals surface area contributed by atoms with Crippen molar-refractivity contribution < 1.29 is 14.0 Å². The topological polar surface area (TPSA) is 64.3 Å². The van der Waals surface area contributed by atoms with Gasteiger partial charge in [0.15, 0.2) is 0 Å². The molecule has 0 aliphatic heterocycles. The van der Waals surface area contributed by atoms with E-state index >= 15 is 0 Å². The SMILES string of the molecule is CONC(=O)c1ccc(N)c(F)c1. The maximum atomic E-state index is 12.8. The van der Waals surface area contributed by atoms with E-state index in [2.05, 4.69) is 10.3 Å². The predicted octanol–water partition coefficient (Wildman–Crippen LogP) is 0.699. The van der Waals surface area contributed by atoms with Crippen LogP contribution in [0.5, 0.6) is 0 Å². The first kappa shape index (κ1) is 9.47. The lowest BCUT2D eigenvalue weighted by Crippen LogP contribution is -2.21. The van der Waals surface area contributed by atoms with E-state index in [0.29, 0.717) is 0 Å². The van der Waals surface area contributed by atoms with Crippen molar-refractivity contribution in [2.24, 2.45) is 0 Å². The fraction of sp³-hybridized carbons (Fsp3) is 0.125. The zero-order chi connectivity index (χ0) is 9.84. The number of nitrogen functional groups attached to an aromatic ring is 1. The summed E-state index contributed by atoms with van der Waals surface area (Å²) in [6.07, 6.45) is 0. The third kappa shape index (κ3) is 2.16. The molecular formula is C8H9FN2O2. The van der Waals surface area contributed by atoms with Crippen LogP contribution < -0.4 is 11.2 Å². The molecule has 0 spiro atoms. The van der Waals surface area contributed by atoms with E-state index in [1.165, 1.54) is 19.2 Å². The lowest BCUT2D eigenvalue weighted by Gasteiger charge is -2.02. The smallest absolute Gasteiger partial charge is 0.274 e. The molecule has 1 amide bonds. The molecule has 0 unspecified atom stereocenters. The van der Waals surface area contributed by atoms with Crippen LogP contribution in [0.2, 0.25) is 0 Å². The normalized spacial score (nSPS) is 9.69. The molecule has 4 nitrogen and oxygen atoms in total. The summed E-state index contributed by atoms with van der Waals surface area (Å²) in [6.45, 7) is 0. The quantitative estimate of drug-likeness (QED) is 0.525. The highest BCUT2D eigenvalue weighted by atomic mass is 19.1. The van der Waals surface area contributed by atoms with Gasteiger partial charge in [0.1, 0.15) is 5.82 Å². The first-order chi connectivity index (χ1) is 6.15. The number of hydrogen-bond acceptors (Lipinski definition) is 3. The number of rotatable bonds is 2. The number of anilines is 1. The molecule has 13 heavy (non-hydrogen) atoms. The molecular weight excluding hydrogens is 175 g/mol. The van der Waals surface area contributed by atoms with Crippen molar-refractivity contribution >= 4 is 11.6 Å². The van der Waals surface area contributed by atoms with Crippen LogP contribution in [-0.2, 0) is 4.84 Å². The fourth-order valence-corrected chi connectivity index (χ4v) is 0.820. The summed E-state index contributed by atoms with van der Waals surface area (Å²) < 4.78 is 12.8. The summed E-state index contributed by atoms with van der Waals surface area (Å²) in [4.78, 5) is 15.4. The van der Waals surface area contributed by atoms with Crippen LogP contribution >= 0.6 is 0 Å². The van der Waals surface area contributed by atoms with Crippen LogP contribution in [0.1, 0.15) is 10.4 Å². The van der Waals surface area contributed by atoms with E-state index in [1.54, 1.807) is 0 Å². The molecule has 0 atom stereocenters. The summed E-state index contributed by atoms with van der Waals surface area (Å²) in [5.74, 6) is -1.13. The first-order valence-corrected chi connectivity index (χ1v) is 3.53. The summed E-state index contributed by atoms with van der Waals surface area (Å²) >= 11 is 0. The van der Waals surface area contributed by atoms with Crippen LogP contribution in [-0.4, -0.2) is 13.0 Å². The number of benzene rings is 1. The number of hydrogen-bond donors (Lipinski definition) is 2. The molecule has 1 rings (SSSR count). The number of carbonyl (C=O) groups excluding carboxylic acids is 1. The molecule has 0 aliphatic carbocycles. The Hall–Kier alpha value is -1.62. The molecule has 0 heterocycles. The van der Waals surface area contributed by atoms with Gasteiger partial charge in [-0.05, 0) is 18.2 Å². The predicted molar refractivity (Wildman–Crippen MR) is 45.3 cm³/mol. The third-order valence-electron chi connectivity index (χ3n) is 1.46. The van der Waals surface area contributed by atoms with Crippen LogP contribution in [0.25, 0.3) is 0 Å². The van der Waals surface area contributed by atoms with E-state index in [4.69, 9.17) is 5.73 Å². The largest absolute Gasteiger partial charge is 0.396 e. The number of halogens is 1. The Bertz CT molecular complexity index is 328. The fourth-order valence-electron chi connectivity index (χ4n) is 0.820. The highest BCUT2D eigenvalue weighted by Gasteiger charge is 2.07. The van der Waals surface area contributed by atoms with Crippen molar-refractivity contribution in [1.29, 1.82) is 0 Å². The van der Waals surface area contributed by atoms with Gasteiger partial charge in [0.2, 0.25) is 0 Å². The summed E-state index contributed by atoms with van der Waals surface area (Å²) in [5, 5.41) is 0. The van der Waals surface area contributed by atoms with E-state index in [-0.39, 0.29) is 11.3 Å².